The largest absolute Gasteiger partial charge is 0.355 e. The molecular weight excluding hydrogens is 365 g/mol. The Balaban J connectivity index is 1.95. The molecule has 27 heavy (non-hydrogen) atoms. The van der Waals surface area contributed by atoms with Gasteiger partial charge in [-0.2, -0.15) is 0 Å². The molecule has 2 aromatic heterocycles. The van der Waals surface area contributed by atoms with E-state index in [9.17, 15) is 9.18 Å². The zero-order valence-electron chi connectivity index (χ0n) is 14.8. The van der Waals surface area contributed by atoms with Gasteiger partial charge in [-0.3, -0.25) is 4.79 Å². The van der Waals surface area contributed by atoms with E-state index in [0.29, 0.717) is 22.9 Å². The SMILES string of the molecule is CNC(=O)c1cnc(Nc2ccc(F)cn2)cc1Nc1ccccc1SC. The fourth-order valence-electron chi connectivity index (χ4n) is 2.42. The molecule has 3 aromatic rings. The van der Waals surface area contributed by atoms with Crippen molar-refractivity contribution in [2.45, 2.75) is 4.90 Å². The van der Waals surface area contributed by atoms with Gasteiger partial charge in [0.15, 0.2) is 0 Å². The number of para-hydroxylation sites is 1. The lowest BCUT2D eigenvalue weighted by atomic mass is 10.2. The highest BCUT2D eigenvalue weighted by molar-refractivity contribution is 7.98. The van der Waals surface area contributed by atoms with Gasteiger partial charge in [-0.15, -0.1) is 11.8 Å². The molecule has 0 saturated carbocycles. The molecule has 0 spiro atoms. The van der Waals surface area contributed by atoms with Crippen LogP contribution in [-0.2, 0) is 0 Å². The van der Waals surface area contributed by atoms with Gasteiger partial charge >= 0.3 is 0 Å². The van der Waals surface area contributed by atoms with Gasteiger partial charge in [-0.05, 0) is 30.5 Å². The number of halogens is 1. The van der Waals surface area contributed by atoms with Crippen molar-refractivity contribution in [1.29, 1.82) is 0 Å². The minimum atomic E-state index is -0.417. The third kappa shape index (κ3) is 4.53. The zero-order valence-corrected chi connectivity index (χ0v) is 15.6. The predicted molar refractivity (Wildman–Crippen MR) is 107 cm³/mol. The van der Waals surface area contributed by atoms with E-state index in [0.717, 1.165) is 16.8 Å². The van der Waals surface area contributed by atoms with Gasteiger partial charge in [0.1, 0.15) is 17.5 Å². The van der Waals surface area contributed by atoms with Crippen LogP contribution in [0.4, 0.5) is 27.4 Å². The Kier molecular flexibility index (Phi) is 5.87. The van der Waals surface area contributed by atoms with Gasteiger partial charge in [0.05, 0.1) is 23.1 Å². The Labute approximate surface area is 160 Å². The summed E-state index contributed by atoms with van der Waals surface area (Å²) in [5.74, 6) is 0.260. The smallest absolute Gasteiger partial charge is 0.254 e. The fourth-order valence-corrected chi connectivity index (χ4v) is 2.97. The van der Waals surface area contributed by atoms with Gasteiger partial charge in [0.2, 0.25) is 0 Å². The topological polar surface area (TPSA) is 78.9 Å². The number of thioether (sulfide) groups is 1. The number of pyridine rings is 2. The zero-order chi connectivity index (χ0) is 19.2. The highest BCUT2D eigenvalue weighted by atomic mass is 32.2. The van der Waals surface area contributed by atoms with Crippen LogP contribution in [-0.4, -0.2) is 29.2 Å². The summed E-state index contributed by atoms with van der Waals surface area (Å²) < 4.78 is 13.0. The predicted octanol–water partition coefficient (Wildman–Crippen LogP) is 4.18. The van der Waals surface area contributed by atoms with Crippen molar-refractivity contribution in [3.63, 3.8) is 0 Å². The van der Waals surface area contributed by atoms with E-state index in [2.05, 4.69) is 25.9 Å². The molecule has 1 amide bonds. The fraction of sp³-hybridized carbons (Fsp3) is 0.105. The summed E-state index contributed by atoms with van der Waals surface area (Å²) >= 11 is 1.60. The molecule has 0 aliphatic carbocycles. The molecule has 138 valence electrons. The number of carbonyl (C=O) groups is 1. The molecule has 0 bridgehead atoms. The van der Waals surface area contributed by atoms with Gasteiger partial charge < -0.3 is 16.0 Å². The van der Waals surface area contributed by atoms with Crippen LogP contribution in [0.5, 0.6) is 0 Å². The number of carbonyl (C=O) groups excluding carboxylic acids is 1. The second-order valence-electron chi connectivity index (χ2n) is 5.51. The minimum absolute atomic E-state index is 0.252. The van der Waals surface area contributed by atoms with E-state index >= 15 is 0 Å². The molecule has 0 fully saturated rings. The number of anilines is 4. The van der Waals surface area contributed by atoms with Crippen molar-refractivity contribution in [3.8, 4) is 0 Å². The van der Waals surface area contributed by atoms with Gasteiger partial charge in [-0.1, -0.05) is 12.1 Å². The third-order valence-corrected chi connectivity index (χ3v) is 4.53. The van der Waals surface area contributed by atoms with E-state index in [-0.39, 0.29) is 5.91 Å². The molecule has 1 aromatic carbocycles. The van der Waals surface area contributed by atoms with Crippen LogP contribution in [0.3, 0.4) is 0 Å². The Morgan fingerprint density at radius 2 is 1.78 bits per heavy atom. The first-order chi connectivity index (χ1) is 13.1. The maximum absolute atomic E-state index is 13.0. The summed E-state index contributed by atoms with van der Waals surface area (Å²) in [6.07, 6.45) is 4.59. The highest BCUT2D eigenvalue weighted by Gasteiger charge is 2.14. The normalized spacial score (nSPS) is 10.3. The molecule has 0 saturated heterocycles. The maximum Gasteiger partial charge on any atom is 0.254 e. The number of nitrogens with one attached hydrogen (secondary N) is 3. The lowest BCUT2D eigenvalue weighted by Crippen LogP contribution is -2.19. The van der Waals surface area contributed by atoms with Crippen LogP contribution in [0.25, 0.3) is 0 Å². The van der Waals surface area contributed by atoms with Gasteiger partial charge in [0.25, 0.3) is 5.91 Å². The molecule has 0 aliphatic rings. The summed E-state index contributed by atoms with van der Waals surface area (Å²) in [7, 11) is 1.57. The molecule has 0 unspecified atom stereocenters. The van der Waals surface area contributed by atoms with Crippen LogP contribution in [0.1, 0.15) is 10.4 Å². The van der Waals surface area contributed by atoms with E-state index < -0.39 is 5.82 Å². The lowest BCUT2D eigenvalue weighted by molar-refractivity contribution is 0.0963. The number of hydrogen-bond acceptors (Lipinski definition) is 6. The average Bonchev–Trinajstić information content (AvgIpc) is 2.70. The van der Waals surface area contributed by atoms with E-state index in [1.807, 2.05) is 30.5 Å². The summed E-state index contributed by atoms with van der Waals surface area (Å²) in [6.45, 7) is 0. The molecule has 3 N–H and O–H groups in total. The lowest BCUT2D eigenvalue weighted by Gasteiger charge is -2.15. The minimum Gasteiger partial charge on any atom is -0.355 e. The first-order valence-corrected chi connectivity index (χ1v) is 9.34. The highest BCUT2D eigenvalue weighted by Crippen LogP contribution is 2.30. The van der Waals surface area contributed by atoms with Crippen LogP contribution in [0.15, 0.2) is 59.8 Å². The van der Waals surface area contributed by atoms with Crippen molar-refractivity contribution < 1.29 is 9.18 Å². The van der Waals surface area contributed by atoms with Crippen molar-refractivity contribution in [1.82, 2.24) is 15.3 Å². The van der Waals surface area contributed by atoms with E-state index in [1.165, 1.54) is 18.3 Å². The van der Waals surface area contributed by atoms with Crippen LogP contribution in [0, 0.1) is 5.82 Å². The molecule has 6 nitrogen and oxygen atoms in total. The van der Waals surface area contributed by atoms with Crippen molar-refractivity contribution >= 4 is 40.7 Å². The maximum atomic E-state index is 13.0. The number of amides is 1. The molecular formula is C19H18FN5OS. The second-order valence-corrected chi connectivity index (χ2v) is 6.35. The molecule has 0 aliphatic heterocycles. The van der Waals surface area contributed by atoms with Crippen molar-refractivity contribution in [3.05, 3.63) is 66.2 Å². The van der Waals surface area contributed by atoms with Crippen molar-refractivity contribution in [2.75, 3.05) is 23.9 Å². The number of hydrogen-bond donors (Lipinski definition) is 3. The molecule has 2 heterocycles. The Hall–Kier alpha value is -3.13. The van der Waals surface area contributed by atoms with Gasteiger partial charge in [0, 0.05) is 24.2 Å². The molecule has 0 radical (unpaired) electrons. The van der Waals surface area contributed by atoms with E-state index in [4.69, 9.17) is 0 Å². The Morgan fingerprint density at radius 1 is 1.00 bits per heavy atom. The molecule has 3 rings (SSSR count). The number of nitrogens with zero attached hydrogens (tertiary/aromatic N) is 2. The van der Waals surface area contributed by atoms with Crippen LogP contribution in [0.2, 0.25) is 0 Å². The van der Waals surface area contributed by atoms with Crippen LogP contribution < -0.4 is 16.0 Å². The number of benzene rings is 1. The average molecular weight is 383 g/mol. The van der Waals surface area contributed by atoms with E-state index in [1.54, 1.807) is 24.9 Å². The first kappa shape index (κ1) is 18.7. The Morgan fingerprint density at radius 3 is 2.48 bits per heavy atom. The molecule has 8 heteroatoms. The second kappa shape index (κ2) is 8.50. The third-order valence-electron chi connectivity index (χ3n) is 3.74. The number of aromatic nitrogens is 2. The van der Waals surface area contributed by atoms with Crippen molar-refractivity contribution in [2.24, 2.45) is 0 Å². The summed E-state index contributed by atoms with van der Waals surface area (Å²) in [6, 6.07) is 12.3. The first-order valence-electron chi connectivity index (χ1n) is 8.11. The Bertz CT molecular complexity index is 949. The monoisotopic (exact) mass is 383 g/mol. The van der Waals surface area contributed by atoms with Crippen LogP contribution >= 0.6 is 11.8 Å². The summed E-state index contributed by atoms with van der Waals surface area (Å²) in [5.41, 5.74) is 1.88. The summed E-state index contributed by atoms with van der Waals surface area (Å²) in [5, 5.41) is 8.92. The standard InChI is InChI=1S/C19H18FN5OS/c1-21-19(26)13-11-23-18(25-17-8-7-12(20)10-22-17)9-15(13)24-14-5-3-4-6-16(14)27-2/h3-11H,1-2H3,(H,21,26)(H2,22,23,24,25). The summed E-state index contributed by atoms with van der Waals surface area (Å²) in [4.78, 5) is 21.5. The quantitative estimate of drug-likeness (QED) is 0.554. The molecule has 0 atom stereocenters. The number of rotatable bonds is 6. The van der Waals surface area contributed by atoms with Gasteiger partial charge in [-0.25, -0.2) is 14.4 Å².